The van der Waals surface area contributed by atoms with E-state index in [2.05, 4.69) is 25.7 Å². The molecule has 1 saturated heterocycles. The van der Waals surface area contributed by atoms with Crippen molar-refractivity contribution in [2.75, 3.05) is 6.61 Å². The molecule has 72 valence electrons. The van der Waals surface area contributed by atoms with E-state index in [9.17, 15) is 0 Å². The van der Waals surface area contributed by atoms with Crippen LogP contribution in [0, 0.1) is 17.3 Å². The highest BCUT2D eigenvalue weighted by Gasteiger charge is 2.38. The fraction of sp³-hybridized carbons (Fsp3) is 0.385. The van der Waals surface area contributed by atoms with Gasteiger partial charge >= 0.3 is 0 Å². The van der Waals surface area contributed by atoms with Crippen LogP contribution in [0.3, 0.4) is 0 Å². The Kier molecular flexibility index (Phi) is 2.31. The molecule has 0 aromatic heterocycles. The predicted molar refractivity (Wildman–Crippen MR) is 56.8 cm³/mol. The number of benzene rings is 1. The maximum absolute atomic E-state index is 5.39. The Labute approximate surface area is 85.1 Å². The molecule has 0 bridgehead atoms. The van der Waals surface area contributed by atoms with Crippen LogP contribution in [0.4, 0.5) is 0 Å². The van der Waals surface area contributed by atoms with Crippen LogP contribution in [0.15, 0.2) is 30.3 Å². The molecule has 1 aromatic rings. The molecule has 0 amide bonds. The molecule has 0 aliphatic carbocycles. The van der Waals surface area contributed by atoms with Crippen LogP contribution in [0.5, 0.6) is 0 Å². The van der Waals surface area contributed by atoms with Gasteiger partial charge in [0, 0.05) is 11.0 Å². The summed E-state index contributed by atoms with van der Waals surface area (Å²) in [5.41, 5.74) is 1.28. The van der Waals surface area contributed by atoms with Crippen molar-refractivity contribution in [2.24, 2.45) is 5.41 Å². The average Bonchev–Trinajstić information content (AvgIpc) is 2.18. The minimum atomic E-state index is 0.0997. The van der Waals surface area contributed by atoms with Gasteiger partial charge in [0.25, 0.3) is 0 Å². The van der Waals surface area contributed by atoms with Crippen molar-refractivity contribution in [1.29, 1.82) is 0 Å². The van der Waals surface area contributed by atoms with Crippen LogP contribution in [-0.4, -0.2) is 12.7 Å². The Bertz CT molecular complexity index is 367. The van der Waals surface area contributed by atoms with Crippen LogP contribution in [0.1, 0.15) is 19.4 Å². The number of rotatable bonds is 0. The largest absolute Gasteiger partial charge is 0.364 e. The SMILES string of the molecule is CC1(C)COC1C#Cc1ccccc1. The molecule has 2 rings (SSSR count). The summed E-state index contributed by atoms with van der Waals surface area (Å²) < 4.78 is 5.39. The second-order valence-electron chi connectivity index (χ2n) is 4.31. The summed E-state index contributed by atoms with van der Waals surface area (Å²) >= 11 is 0. The molecule has 0 saturated carbocycles. The van der Waals surface area contributed by atoms with Gasteiger partial charge in [0.2, 0.25) is 0 Å². The molecule has 0 spiro atoms. The van der Waals surface area contributed by atoms with Gasteiger partial charge in [-0.1, -0.05) is 43.9 Å². The van der Waals surface area contributed by atoms with Gasteiger partial charge in [-0.3, -0.25) is 0 Å². The second kappa shape index (κ2) is 3.48. The molecule has 1 fully saturated rings. The second-order valence-corrected chi connectivity index (χ2v) is 4.31. The first-order chi connectivity index (χ1) is 6.68. The van der Waals surface area contributed by atoms with E-state index in [1.165, 1.54) is 0 Å². The molecule has 14 heavy (non-hydrogen) atoms. The van der Waals surface area contributed by atoms with Gasteiger partial charge < -0.3 is 4.74 Å². The quantitative estimate of drug-likeness (QED) is 0.565. The number of hydrogen-bond acceptors (Lipinski definition) is 1. The summed E-state index contributed by atoms with van der Waals surface area (Å²) in [6.07, 6.45) is 0.0997. The standard InChI is InChI=1S/C13H14O/c1-13(2)10-14-12(13)9-8-11-6-4-3-5-7-11/h3-7,12H,10H2,1-2H3. The molecule has 1 heterocycles. The lowest BCUT2D eigenvalue weighted by Gasteiger charge is -2.40. The molecule has 1 aliphatic rings. The van der Waals surface area contributed by atoms with Gasteiger partial charge in [0.15, 0.2) is 0 Å². The third-order valence-electron chi connectivity index (χ3n) is 2.45. The Morgan fingerprint density at radius 2 is 2.00 bits per heavy atom. The van der Waals surface area contributed by atoms with E-state index in [0.29, 0.717) is 0 Å². The zero-order valence-corrected chi connectivity index (χ0v) is 8.58. The minimum absolute atomic E-state index is 0.0997. The van der Waals surface area contributed by atoms with Crippen LogP contribution in [0.2, 0.25) is 0 Å². The van der Waals surface area contributed by atoms with E-state index in [-0.39, 0.29) is 11.5 Å². The zero-order chi connectivity index (χ0) is 10.0. The van der Waals surface area contributed by atoms with E-state index in [1.807, 2.05) is 30.3 Å². The predicted octanol–water partition coefficient (Wildman–Crippen LogP) is 2.46. The van der Waals surface area contributed by atoms with Crippen molar-refractivity contribution >= 4 is 0 Å². The van der Waals surface area contributed by atoms with E-state index in [4.69, 9.17) is 4.74 Å². The highest BCUT2D eigenvalue weighted by Crippen LogP contribution is 2.32. The molecule has 1 unspecified atom stereocenters. The Morgan fingerprint density at radius 1 is 1.29 bits per heavy atom. The average molecular weight is 186 g/mol. The van der Waals surface area contributed by atoms with Crippen molar-refractivity contribution < 1.29 is 4.74 Å². The third kappa shape index (κ3) is 1.81. The Hall–Kier alpha value is -1.26. The van der Waals surface area contributed by atoms with Gasteiger partial charge in [-0.15, -0.1) is 0 Å². The van der Waals surface area contributed by atoms with Gasteiger partial charge in [-0.2, -0.15) is 0 Å². The molecule has 1 atom stereocenters. The zero-order valence-electron chi connectivity index (χ0n) is 8.58. The maximum Gasteiger partial charge on any atom is 0.125 e. The van der Waals surface area contributed by atoms with Crippen molar-refractivity contribution in [3.8, 4) is 11.8 Å². The van der Waals surface area contributed by atoms with Crippen molar-refractivity contribution in [3.63, 3.8) is 0 Å². The van der Waals surface area contributed by atoms with Crippen LogP contribution >= 0.6 is 0 Å². The minimum Gasteiger partial charge on any atom is -0.364 e. The monoisotopic (exact) mass is 186 g/mol. The highest BCUT2D eigenvalue weighted by atomic mass is 16.5. The van der Waals surface area contributed by atoms with E-state index >= 15 is 0 Å². The molecular weight excluding hydrogens is 172 g/mol. The fourth-order valence-corrected chi connectivity index (χ4v) is 1.41. The lowest BCUT2D eigenvalue weighted by Crippen LogP contribution is -2.46. The van der Waals surface area contributed by atoms with Gasteiger partial charge in [0.05, 0.1) is 6.61 Å². The van der Waals surface area contributed by atoms with Gasteiger partial charge in [-0.25, -0.2) is 0 Å². The lowest BCUT2D eigenvalue weighted by molar-refractivity contribution is -0.134. The molecule has 1 aromatic carbocycles. The topological polar surface area (TPSA) is 9.23 Å². The molecule has 0 radical (unpaired) electrons. The molecule has 1 heteroatoms. The Morgan fingerprint density at radius 3 is 2.50 bits per heavy atom. The van der Waals surface area contributed by atoms with E-state index in [0.717, 1.165) is 12.2 Å². The first-order valence-corrected chi connectivity index (χ1v) is 4.87. The first kappa shape index (κ1) is 9.30. The van der Waals surface area contributed by atoms with Crippen molar-refractivity contribution in [1.82, 2.24) is 0 Å². The van der Waals surface area contributed by atoms with E-state index < -0.39 is 0 Å². The summed E-state index contributed by atoms with van der Waals surface area (Å²) in [4.78, 5) is 0. The van der Waals surface area contributed by atoms with Gasteiger partial charge in [0.1, 0.15) is 6.10 Å². The summed E-state index contributed by atoms with van der Waals surface area (Å²) in [7, 11) is 0. The molecular formula is C13H14O. The van der Waals surface area contributed by atoms with Crippen LogP contribution in [-0.2, 0) is 4.74 Å². The fourth-order valence-electron chi connectivity index (χ4n) is 1.41. The summed E-state index contributed by atoms with van der Waals surface area (Å²) in [5, 5.41) is 0. The highest BCUT2D eigenvalue weighted by molar-refractivity contribution is 5.35. The number of hydrogen-bond donors (Lipinski definition) is 0. The number of ether oxygens (including phenoxy) is 1. The maximum atomic E-state index is 5.39. The van der Waals surface area contributed by atoms with Gasteiger partial charge in [-0.05, 0) is 12.1 Å². The van der Waals surface area contributed by atoms with Crippen LogP contribution < -0.4 is 0 Å². The lowest BCUT2D eigenvalue weighted by atomic mass is 9.83. The normalized spacial score (nSPS) is 23.1. The Balaban J connectivity index is 2.08. The van der Waals surface area contributed by atoms with Crippen LogP contribution in [0.25, 0.3) is 0 Å². The summed E-state index contributed by atoms with van der Waals surface area (Å²) in [6.45, 7) is 5.18. The van der Waals surface area contributed by atoms with Crippen molar-refractivity contribution in [3.05, 3.63) is 35.9 Å². The van der Waals surface area contributed by atoms with Crippen molar-refractivity contribution in [2.45, 2.75) is 20.0 Å². The van der Waals surface area contributed by atoms with E-state index in [1.54, 1.807) is 0 Å². The summed E-state index contributed by atoms with van der Waals surface area (Å²) in [6, 6.07) is 10.0. The summed E-state index contributed by atoms with van der Waals surface area (Å²) in [5.74, 6) is 6.28. The molecule has 1 nitrogen and oxygen atoms in total. The smallest absolute Gasteiger partial charge is 0.125 e. The molecule has 1 aliphatic heterocycles. The first-order valence-electron chi connectivity index (χ1n) is 4.87. The molecule has 0 N–H and O–H groups in total. The third-order valence-corrected chi connectivity index (χ3v) is 2.45.